The molecule has 102 valence electrons. The van der Waals surface area contributed by atoms with Crippen molar-refractivity contribution in [1.29, 1.82) is 0 Å². The van der Waals surface area contributed by atoms with Crippen LogP contribution in [0.15, 0.2) is 29.3 Å². The molecule has 1 aromatic rings. The number of ether oxygens (including phenoxy) is 1. The highest BCUT2D eigenvalue weighted by Crippen LogP contribution is 2.11. The van der Waals surface area contributed by atoms with Crippen molar-refractivity contribution in [2.45, 2.75) is 20.4 Å². The van der Waals surface area contributed by atoms with Crippen LogP contribution in [0.4, 0.5) is 0 Å². The number of rotatable bonds is 5. The largest absolute Gasteiger partial charge is 0.497 e. The lowest BCUT2D eigenvalue weighted by Gasteiger charge is -2.09. The van der Waals surface area contributed by atoms with Crippen LogP contribution in [0.25, 0.3) is 0 Å². The minimum atomic E-state index is 0. The predicted molar refractivity (Wildman–Crippen MR) is 86.9 cm³/mol. The molecular formula is C13H22IN3O. The van der Waals surface area contributed by atoms with Gasteiger partial charge in [-0.2, -0.15) is 0 Å². The van der Waals surface area contributed by atoms with E-state index in [9.17, 15) is 0 Å². The smallest absolute Gasteiger partial charge is 0.191 e. The van der Waals surface area contributed by atoms with Crippen LogP contribution in [0.3, 0.4) is 0 Å². The van der Waals surface area contributed by atoms with Gasteiger partial charge in [0.25, 0.3) is 0 Å². The maximum absolute atomic E-state index is 5.11. The average Bonchev–Trinajstić information content (AvgIpc) is 2.37. The lowest BCUT2D eigenvalue weighted by atomic mass is 10.2. The number of nitrogens with zero attached hydrogens (tertiary/aromatic N) is 1. The molecule has 0 radical (unpaired) electrons. The molecule has 0 unspecified atom stereocenters. The van der Waals surface area contributed by atoms with Gasteiger partial charge in [-0.1, -0.05) is 12.1 Å². The lowest BCUT2D eigenvalue weighted by molar-refractivity contribution is 0.414. The first-order valence-corrected chi connectivity index (χ1v) is 5.95. The number of guanidine groups is 1. The van der Waals surface area contributed by atoms with Crippen LogP contribution in [0.1, 0.15) is 19.4 Å². The van der Waals surface area contributed by atoms with E-state index in [1.54, 1.807) is 7.11 Å². The van der Waals surface area contributed by atoms with E-state index < -0.39 is 0 Å². The van der Waals surface area contributed by atoms with Gasteiger partial charge in [0.2, 0.25) is 0 Å². The second kappa shape index (κ2) is 9.99. The number of benzene rings is 1. The fourth-order valence-corrected chi connectivity index (χ4v) is 1.41. The van der Waals surface area contributed by atoms with Gasteiger partial charge >= 0.3 is 0 Å². The SMILES string of the molecule is CCNC(=NCc1ccc(OC)cc1)NCC.I. The topological polar surface area (TPSA) is 45.7 Å². The first-order valence-electron chi connectivity index (χ1n) is 5.95. The molecule has 18 heavy (non-hydrogen) atoms. The Morgan fingerprint density at radius 3 is 2.11 bits per heavy atom. The summed E-state index contributed by atoms with van der Waals surface area (Å²) in [7, 11) is 1.67. The number of hydrogen-bond donors (Lipinski definition) is 2. The van der Waals surface area contributed by atoms with Gasteiger partial charge < -0.3 is 15.4 Å². The van der Waals surface area contributed by atoms with Gasteiger partial charge in [0.05, 0.1) is 13.7 Å². The Morgan fingerprint density at radius 1 is 1.11 bits per heavy atom. The number of nitrogens with one attached hydrogen (secondary N) is 2. The first kappa shape index (κ1) is 17.0. The van der Waals surface area contributed by atoms with E-state index >= 15 is 0 Å². The number of hydrogen-bond acceptors (Lipinski definition) is 2. The zero-order valence-electron chi connectivity index (χ0n) is 11.2. The van der Waals surface area contributed by atoms with Crippen LogP contribution >= 0.6 is 24.0 Å². The second-order valence-electron chi connectivity index (χ2n) is 3.57. The molecule has 0 saturated heterocycles. The molecule has 0 fully saturated rings. The lowest BCUT2D eigenvalue weighted by Crippen LogP contribution is -2.36. The van der Waals surface area contributed by atoms with Crippen LogP contribution in [-0.2, 0) is 6.54 Å². The number of halogens is 1. The Morgan fingerprint density at radius 2 is 1.67 bits per heavy atom. The molecule has 5 heteroatoms. The van der Waals surface area contributed by atoms with E-state index in [0.29, 0.717) is 6.54 Å². The Hall–Kier alpha value is -0.980. The van der Waals surface area contributed by atoms with Crippen LogP contribution < -0.4 is 15.4 Å². The van der Waals surface area contributed by atoms with Gasteiger partial charge in [0, 0.05) is 13.1 Å². The maximum atomic E-state index is 5.11. The predicted octanol–water partition coefficient (Wildman–Crippen LogP) is 2.39. The minimum Gasteiger partial charge on any atom is -0.497 e. The number of methoxy groups -OCH3 is 1. The van der Waals surface area contributed by atoms with Crippen molar-refractivity contribution in [1.82, 2.24) is 10.6 Å². The molecule has 0 aliphatic rings. The maximum Gasteiger partial charge on any atom is 0.191 e. The Bertz CT molecular complexity index is 344. The molecule has 0 spiro atoms. The molecule has 0 amide bonds. The highest BCUT2D eigenvalue weighted by Gasteiger charge is 1.96. The zero-order valence-corrected chi connectivity index (χ0v) is 13.5. The third-order valence-electron chi connectivity index (χ3n) is 2.27. The Labute approximate surface area is 126 Å². The van der Waals surface area contributed by atoms with Crippen LogP contribution in [0, 0.1) is 0 Å². The number of aliphatic imine (C=N–C) groups is 1. The molecule has 2 N–H and O–H groups in total. The summed E-state index contributed by atoms with van der Waals surface area (Å²) in [4.78, 5) is 4.48. The van der Waals surface area contributed by atoms with E-state index in [-0.39, 0.29) is 24.0 Å². The fourth-order valence-electron chi connectivity index (χ4n) is 1.41. The van der Waals surface area contributed by atoms with E-state index in [1.807, 2.05) is 24.3 Å². The van der Waals surface area contributed by atoms with Crippen molar-refractivity contribution in [2.75, 3.05) is 20.2 Å². The molecule has 1 rings (SSSR count). The monoisotopic (exact) mass is 363 g/mol. The highest BCUT2D eigenvalue weighted by atomic mass is 127. The van der Waals surface area contributed by atoms with Crippen molar-refractivity contribution in [3.8, 4) is 5.75 Å². The average molecular weight is 363 g/mol. The normalized spacial score (nSPS) is 9.06. The highest BCUT2D eigenvalue weighted by molar-refractivity contribution is 14.0. The molecular weight excluding hydrogens is 341 g/mol. The van der Waals surface area contributed by atoms with Crippen molar-refractivity contribution < 1.29 is 4.74 Å². The second-order valence-corrected chi connectivity index (χ2v) is 3.57. The Balaban J connectivity index is 0.00000289. The van der Waals surface area contributed by atoms with Crippen LogP contribution in [-0.4, -0.2) is 26.2 Å². The fraction of sp³-hybridized carbons (Fsp3) is 0.462. The molecule has 0 atom stereocenters. The minimum absolute atomic E-state index is 0. The van der Waals surface area contributed by atoms with Crippen LogP contribution in [0.2, 0.25) is 0 Å². The van der Waals surface area contributed by atoms with Crippen molar-refractivity contribution in [2.24, 2.45) is 4.99 Å². The molecule has 0 aromatic heterocycles. The van der Waals surface area contributed by atoms with Gasteiger partial charge in [-0.15, -0.1) is 24.0 Å². The third kappa shape index (κ3) is 6.09. The van der Waals surface area contributed by atoms with Crippen molar-refractivity contribution >= 4 is 29.9 Å². The summed E-state index contributed by atoms with van der Waals surface area (Å²) >= 11 is 0. The molecule has 0 aliphatic carbocycles. The van der Waals surface area contributed by atoms with E-state index in [1.165, 1.54) is 5.56 Å². The van der Waals surface area contributed by atoms with Gasteiger partial charge in [0.15, 0.2) is 5.96 Å². The van der Waals surface area contributed by atoms with Crippen molar-refractivity contribution in [3.05, 3.63) is 29.8 Å². The summed E-state index contributed by atoms with van der Waals surface area (Å²) in [5.41, 5.74) is 1.17. The summed E-state index contributed by atoms with van der Waals surface area (Å²) in [6.45, 7) is 6.52. The molecule has 0 heterocycles. The molecule has 1 aromatic carbocycles. The van der Waals surface area contributed by atoms with Gasteiger partial charge in [-0.3, -0.25) is 0 Å². The quantitative estimate of drug-likeness (QED) is 0.480. The summed E-state index contributed by atoms with van der Waals surface area (Å²) in [5.74, 6) is 1.72. The van der Waals surface area contributed by atoms with E-state index in [4.69, 9.17) is 4.74 Å². The standard InChI is InChI=1S/C13H21N3O.HI/c1-4-14-13(15-5-2)16-10-11-6-8-12(17-3)9-7-11;/h6-9H,4-5,10H2,1-3H3,(H2,14,15,16);1H. The zero-order chi connectivity index (χ0) is 12.5. The first-order chi connectivity index (χ1) is 8.30. The molecule has 0 saturated carbocycles. The Kier molecular flexibility index (Phi) is 9.45. The van der Waals surface area contributed by atoms with Crippen LogP contribution in [0.5, 0.6) is 5.75 Å². The van der Waals surface area contributed by atoms with Gasteiger partial charge in [-0.05, 0) is 31.5 Å². The van der Waals surface area contributed by atoms with Crippen molar-refractivity contribution in [3.63, 3.8) is 0 Å². The third-order valence-corrected chi connectivity index (χ3v) is 2.27. The summed E-state index contributed by atoms with van der Waals surface area (Å²) in [6.07, 6.45) is 0. The summed E-state index contributed by atoms with van der Waals surface area (Å²) < 4.78 is 5.11. The van der Waals surface area contributed by atoms with E-state index in [0.717, 1.165) is 24.8 Å². The molecule has 0 aliphatic heterocycles. The summed E-state index contributed by atoms with van der Waals surface area (Å²) in [5, 5.41) is 6.38. The van der Waals surface area contributed by atoms with E-state index in [2.05, 4.69) is 29.5 Å². The molecule has 4 nitrogen and oxygen atoms in total. The molecule has 0 bridgehead atoms. The summed E-state index contributed by atoms with van der Waals surface area (Å²) in [6, 6.07) is 7.95. The van der Waals surface area contributed by atoms with Gasteiger partial charge in [-0.25, -0.2) is 4.99 Å². The van der Waals surface area contributed by atoms with Gasteiger partial charge in [0.1, 0.15) is 5.75 Å².